The molecular formula is C13H18N4O2. The average molecular weight is 262 g/mol. The number of nitrogens with one attached hydrogen (secondary N) is 2. The van der Waals surface area contributed by atoms with Gasteiger partial charge in [-0.05, 0) is 25.0 Å². The Hall–Kier alpha value is -2.24. The third-order valence-electron chi connectivity index (χ3n) is 3.06. The lowest BCUT2D eigenvalue weighted by atomic mass is 10.1. The van der Waals surface area contributed by atoms with Gasteiger partial charge in [-0.3, -0.25) is 9.59 Å². The molecule has 0 radical (unpaired) electrons. The van der Waals surface area contributed by atoms with Crippen molar-refractivity contribution < 1.29 is 9.59 Å². The molecular weight excluding hydrogens is 244 g/mol. The van der Waals surface area contributed by atoms with E-state index in [2.05, 4.69) is 10.6 Å². The summed E-state index contributed by atoms with van der Waals surface area (Å²) in [6.07, 6.45) is 1.99. The van der Waals surface area contributed by atoms with Gasteiger partial charge in [-0.15, -0.1) is 0 Å². The smallest absolute Gasteiger partial charge is 0.250 e. The number of primary amides is 1. The van der Waals surface area contributed by atoms with Crippen molar-refractivity contribution in [1.82, 2.24) is 5.32 Å². The molecule has 102 valence electrons. The molecule has 0 bridgehead atoms. The SMILES string of the molecule is NC(=O)c1cccc(NCCNC(=O)C2CC2)c1N. The molecule has 6 nitrogen and oxygen atoms in total. The summed E-state index contributed by atoms with van der Waals surface area (Å²) in [5.74, 6) is -0.230. The standard InChI is InChI=1S/C13H18N4O2/c14-11-9(12(15)18)2-1-3-10(11)16-6-7-17-13(19)8-4-5-8/h1-3,8,16H,4-7,14H2,(H2,15,18)(H,17,19). The number of amides is 2. The molecule has 0 heterocycles. The maximum atomic E-state index is 11.4. The largest absolute Gasteiger partial charge is 0.396 e. The Bertz CT molecular complexity index is 497. The van der Waals surface area contributed by atoms with Crippen molar-refractivity contribution in [2.75, 3.05) is 24.1 Å². The van der Waals surface area contributed by atoms with Gasteiger partial charge in [0.1, 0.15) is 0 Å². The fraction of sp³-hybridized carbons (Fsp3) is 0.385. The topological polar surface area (TPSA) is 110 Å². The van der Waals surface area contributed by atoms with Crippen molar-refractivity contribution in [1.29, 1.82) is 0 Å². The normalized spacial score (nSPS) is 13.9. The highest BCUT2D eigenvalue weighted by molar-refractivity contribution is 6.00. The number of rotatable bonds is 6. The summed E-state index contributed by atoms with van der Waals surface area (Å²) in [7, 11) is 0. The summed E-state index contributed by atoms with van der Waals surface area (Å²) in [4.78, 5) is 22.5. The molecule has 1 fully saturated rings. The van der Waals surface area contributed by atoms with E-state index in [0.29, 0.717) is 30.0 Å². The molecule has 0 aromatic heterocycles. The molecule has 2 amide bonds. The van der Waals surface area contributed by atoms with Gasteiger partial charge in [0, 0.05) is 19.0 Å². The van der Waals surface area contributed by atoms with E-state index >= 15 is 0 Å². The minimum absolute atomic E-state index is 0.112. The summed E-state index contributed by atoms with van der Waals surface area (Å²) < 4.78 is 0. The zero-order valence-corrected chi connectivity index (χ0v) is 10.6. The Morgan fingerprint density at radius 2 is 2.00 bits per heavy atom. The van der Waals surface area contributed by atoms with E-state index < -0.39 is 5.91 Å². The first-order valence-corrected chi connectivity index (χ1v) is 6.29. The molecule has 0 unspecified atom stereocenters. The van der Waals surface area contributed by atoms with Crippen LogP contribution in [0.4, 0.5) is 11.4 Å². The van der Waals surface area contributed by atoms with Crippen LogP contribution in [0.2, 0.25) is 0 Å². The van der Waals surface area contributed by atoms with Gasteiger partial charge in [0.25, 0.3) is 5.91 Å². The quantitative estimate of drug-likeness (QED) is 0.436. The fourth-order valence-corrected chi connectivity index (χ4v) is 1.81. The molecule has 1 aromatic carbocycles. The fourth-order valence-electron chi connectivity index (χ4n) is 1.81. The first-order chi connectivity index (χ1) is 9.09. The van der Waals surface area contributed by atoms with Gasteiger partial charge in [-0.2, -0.15) is 0 Å². The lowest BCUT2D eigenvalue weighted by Gasteiger charge is -2.11. The Labute approximate surface area is 111 Å². The van der Waals surface area contributed by atoms with Gasteiger partial charge in [0.05, 0.1) is 16.9 Å². The maximum Gasteiger partial charge on any atom is 0.250 e. The molecule has 1 saturated carbocycles. The maximum absolute atomic E-state index is 11.4. The average Bonchev–Trinajstić information content (AvgIpc) is 3.19. The third kappa shape index (κ3) is 3.37. The number of hydrogen-bond donors (Lipinski definition) is 4. The minimum atomic E-state index is -0.553. The molecule has 1 aromatic rings. The van der Waals surface area contributed by atoms with Gasteiger partial charge in [0.2, 0.25) is 5.91 Å². The summed E-state index contributed by atoms with van der Waals surface area (Å²) in [6, 6.07) is 5.06. The van der Waals surface area contributed by atoms with Gasteiger partial charge in [0.15, 0.2) is 0 Å². The lowest BCUT2D eigenvalue weighted by Crippen LogP contribution is -2.30. The summed E-state index contributed by atoms with van der Waals surface area (Å²) in [5.41, 5.74) is 12.3. The molecule has 1 aliphatic rings. The van der Waals surface area contributed by atoms with E-state index in [9.17, 15) is 9.59 Å². The lowest BCUT2D eigenvalue weighted by molar-refractivity contribution is -0.122. The van der Waals surface area contributed by atoms with E-state index in [1.54, 1.807) is 18.2 Å². The Kier molecular flexibility index (Phi) is 3.89. The second-order valence-corrected chi connectivity index (χ2v) is 4.62. The summed E-state index contributed by atoms with van der Waals surface area (Å²) in [6.45, 7) is 1.07. The number of benzene rings is 1. The van der Waals surface area contributed by atoms with Crippen LogP contribution in [0, 0.1) is 5.92 Å². The van der Waals surface area contributed by atoms with Crippen molar-refractivity contribution in [3.05, 3.63) is 23.8 Å². The molecule has 0 aliphatic heterocycles. The van der Waals surface area contributed by atoms with Crippen LogP contribution in [0.25, 0.3) is 0 Å². The van der Waals surface area contributed by atoms with Crippen LogP contribution in [-0.4, -0.2) is 24.9 Å². The van der Waals surface area contributed by atoms with E-state index in [0.717, 1.165) is 12.8 Å². The van der Waals surface area contributed by atoms with Crippen LogP contribution >= 0.6 is 0 Å². The number of nitrogens with two attached hydrogens (primary N) is 2. The predicted molar refractivity (Wildman–Crippen MR) is 73.6 cm³/mol. The number of carbonyl (C=O) groups is 2. The van der Waals surface area contributed by atoms with Crippen molar-refractivity contribution in [2.45, 2.75) is 12.8 Å². The minimum Gasteiger partial charge on any atom is -0.396 e. The van der Waals surface area contributed by atoms with Crippen molar-refractivity contribution in [3.8, 4) is 0 Å². The predicted octanol–water partition coefficient (Wildman–Crippen LogP) is 0.306. The van der Waals surface area contributed by atoms with Gasteiger partial charge < -0.3 is 22.1 Å². The molecule has 19 heavy (non-hydrogen) atoms. The Morgan fingerprint density at radius 1 is 1.26 bits per heavy atom. The first-order valence-electron chi connectivity index (χ1n) is 6.29. The van der Waals surface area contributed by atoms with Crippen LogP contribution in [0.5, 0.6) is 0 Å². The van der Waals surface area contributed by atoms with E-state index in [-0.39, 0.29) is 11.8 Å². The summed E-state index contributed by atoms with van der Waals surface area (Å²) >= 11 is 0. The van der Waals surface area contributed by atoms with E-state index in [1.165, 1.54) is 0 Å². The highest BCUT2D eigenvalue weighted by Crippen LogP contribution is 2.28. The zero-order chi connectivity index (χ0) is 13.8. The molecule has 0 saturated heterocycles. The molecule has 2 rings (SSSR count). The molecule has 6 heteroatoms. The molecule has 0 atom stereocenters. The van der Waals surface area contributed by atoms with Gasteiger partial charge in [-0.25, -0.2) is 0 Å². The van der Waals surface area contributed by atoms with Crippen LogP contribution in [0.15, 0.2) is 18.2 Å². The number of anilines is 2. The van der Waals surface area contributed by atoms with Crippen LogP contribution in [0.3, 0.4) is 0 Å². The number of hydrogen-bond acceptors (Lipinski definition) is 4. The second kappa shape index (κ2) is 5.60. The molecule has 0 spiro atoms. The van der Waals surface area contributed by atoms with E-state index in [4.69, 9.17) is 11.5 Å². The Morgan fingerprint density at radius 3 is 2.63 bits per heavy atom. The number of para-hydroxylation sites is 1. The highest BCUT2D eigenvalue weighted by atomic mass is 16.2. The van der Waals surface area contributed by atoms with Crippen molar-refractivity contribution in [2.24, 2.45) is 11.7 Å². The van der Waals surface area contributed by atoms with Crippen LogP contribution in [-0.2, 0) is 4.79 Å². The monoisotopic (exact) mass is 262 g/mol. The zero-order valence-electron chi connectivity index (χ0n) is 10.6. The first kappa shape index (κ1) is 13.2. The van der Waals surface area contributed by atoms with Crippen LogP contribution < -0.4 is 22.1 Å². The molecule has 6 N–H and O–H groups in total. The van der Waals surface area contributed by atoms with E-state index in [1.807, 2.05) is 0 Å². The van der Waals surface area contributed by atoms with Gasteiger partial charge >= 0.3 is 0 Å². The highest BCUT2D eigenvalue weighted by Gasteiger charge is 2.28. The van der Waals surface area contributed by atoms with Crippen LogP contribution in [0.1, 0.15) is 23.2 Å². The van der Waals surface area contributed by atoms with Crippen molar-refractivity contribution in [3.63, 3.8) is 0 Å². The third-order valence-corrected chi connectivity index (χ3v) is 3.06. The summed E-state index contributed by atoms with van der Waals surface area (Å²) in [5, 5.41) is 5.91. The number of nitrogen functional groups attached to an aromatic ring is 1. The van der Waals surface area contributed by atoms with Crippen molar-refractivity contribution >= 4 is 23.2 Å². The second-order valence-electron chi connectivity index (χ2n) is 4.62. The number of carbonyl (C=O) groups excluding carboxylic acids is 2. The van der Waals surface area contributed by atoms with Gasteiger partial charge in [-0.1, -0.05) is 6.07 Å². The Balaban J connectivity index is 1.83. The molecule has 1 aliphatic carbocycles.